The molecule has 0 aliphatic heterocycles. The zero-order chi connectivity index (χ0) is 24.1. The van der Waals surface area contributed by atoms with Gasteiger partial charge in [0, 0.05) is 17.2 Å². The Morgan fingerprint density at radius 1 is 0.939 bits per heavy atom. The van der Waals surface area contributed by atoms with Gasteiger partial charge in [-0.2, -0.15) is 5.10 Å². The van der Waals surface area contributed by atoms with Gasteiger partial charge in [0.15, 0.2) is 0 Å². The maximum atomic E-state index is 13.1. The molecule has 1 unspecified atom stereocenters. The van der Waals surface area contributed by atoms with Crippen molar-refractivity contribution in [1.29, 1.82) is 0 Å². The number of ether oxygens (including phenoxy) is 1. The van der Waals surface area contributed by atoms with E-state index < -0.39 is 17.5 Å². The fraction of sp³-hybridized carbons (Fsp3) is 0.280. The van der Waals surface area contributed by atoms with Crippen molar-refractivity contribution in [3.63, 3.8) is 0 Å². The molecule has 1 heterocycles. The smallest absolute Gasteiger partial charge is 0.291 e. The molecule has 1 aromatic heterocycles. The first-order valence-corrected chi connectivity index (χ1v) is 10.7. The van der Waals surface area contributed by atoms with Crippen molar-refractivity contribution in [2.75, 3.05) is 17.7 Å². The Hall–Kier alpha value is -3.94. The molecule has 8 heteroatoms. The molecular weight excluding hydrogens is 420 g/mol. The Balaban J connectivity index is 1.99. The van der Waals surface area contributed by atoms with Crippen molar-refractivity contribution >= 4 is 23.2 Å². The van der Waals surface area contributed by atoms with Crippen molar-refractivity contribution in [3.8, 4) is 17.0 Å². The van der Waals surface area contributed by atoms with Crippen LogP contribution >= 0.6 is 0 Å². The third-order valence-corrected chi connectivity index (χ3v) is 5.17. The van der Waals surface area contributed by atoms with Crippen molar-refractivity contribution in [2.45, 2.75) is 33.7 Å². The predicted molar refractivity (Wildman–Crippen MR) is 128 cm³/mol. The fourth-order valence-electron chi connectivity index (χ4n) is 3.04. The number of carbonyl (C=O) groups excluding carboxylic acids is 2. The fourth-order valence-corrected chi connectivity index (χ4v) is 3.04. The van der Waals surface area contributed by atoms with E-state index in [1.54, 1.807) is 52.1 Å². The molecule has 1 atom stereocenters. The molecule has 0 radical (unpaired) electrons. The molecule has 33 heavy (non-hydrogen) atoms. The zero-order valence-electron chi connectivity index (χ0n) is 19.4. The van der Waals surface area contributed by atoms with Crippen LogP contribution in [-0.2, 0) is 9.59 Å². The van der Waals surface area contributed by atoms with Gasteiger partial charge in [-0.05, 0) is 44.2 Å². The van der Waals surface area contributed by atoms with Gasteiger partial charge in [0.05, 0.1) is 12.8 Å². The lowest BCUT2D eigenvalue weighted by atomic mass is 10.1. The van der Waals surface area contributed by atoms with Gasteiger partial charge in [-0.15, -0.1) is 0 Å². The number of rotatable bonds is 7. The van der Waals surface area contributed by atoms with Gasteiger partial charge in [0.2, 0.25) is 11.8 Å². The molecule has 2 aromatic carbocycles. The second kappa shape index (κ2) is 10.1. The Bertz CT molecular complexity index is 1200. The highest BCUT2D eigenvalue weighted by Gasteiger charge is 2.22. The minimum absolute atomic E-state index is 0.0726. The van der Waals surface area contributed by atoms with Gasteiger partial charge in [-0.1, -0.05) is 43.7 Å². The summed E-state index contributed by atoms with van der Waals surface area (Å²) in [4.78, 5) is 38.4. The van der Waals surface area contributed by atoms with Crippen LogP contribution < -0.4 is 20.9 Å². The summed E-state index contributed by atoms with van der Waals surface area (Å²) >= 11 is 0. The molecule has 2 amide bonds. The number of hydrogen-bond donors (Lipinski definition) is 2. The number of hydrogen-bond acceptors (Lipinski definition) is 5. The van der Waals surface area contributed by atoms with Crippen LogP contribution in [0.3, 0.4) is 0 Å². The third-order valence-electron chi connectivity index (χ3n) is 5.17. The Morgan fingerprint density at radius 2 is 1.58 bits per heavy atom. The molecular formula is C25H28N4O4. The number of amides is 2. The minimum Gasteiger partial charge on any atom is -0.497 e. The molecule has 0 bridgehead atoms. The molecule has 0 aliphatic carbocycles. The highest BCUT2D eigenvalue weighted by atomic mass is 16.5. The summed E-state index contributed by atoms with van der Waals surface area (Å²) in [6, 6.07) is 15.1. The molecule has 3 aromatic rings. The van der Waals surface area contributed by atoms with Gasteiger partial charge in [-0.3, -0.25) is 14.4 Å². The number of nitrogens with one attached hydrogen (secondary N) is 2. The van der Waals surface area contributed by atoms with Gasteiger partial charge in [0.1, 0.15) is 17.5 Å². The van der Waals surface area contributed by atoms with E-state index in [0.717, 1.165) is 15.8 Å². The van der Waals surface area contributed by atoms with Crippen LogP contribution in [0.1, 0.15) is 32.4 Å². The summed E-state index contributed by atoms with van der Waals surface area (Å²) in [6.07, 6.45) is 0. The van der Waals surface area contributed by atoms with E-state index in [1.165, 1.54) is 6.07 Å². The molecule has 8 nitrogen and oxygen atoms in total. The summed E-state index contributed by atoms with van der Waals surface area (Å²) in [5.74, 6) is -0.369. The normalized spacial score (nSPS) is 11.7. The summed E-state index contributed by atoms with van der Waals surface area (Å²) < 4.78 is 6.23. The van der Waals surface area contributed by atoms with Gasteiger partial charge >= 0.3 is 0 Å². The van der Waals surface area contributed by atoms with Gasteiger partial charge in [-0.25, -0.2) is 4.68 Å². The van der Waals surface area contributed by atoms with Crippen molar-refractivity contribution in [2.24, 2.45) is 5.92 Å². The monoisotopic (exact) mass is 448 g/mol. The van der Waals surface area contributed by atoms with Crippen LogP contribution in [0.2, 0.25) is 0 Å². The molecule has 0 saturated heterocycles. The summed E-state index contributed by atoms with van der Waals surface area (Å²) in [5.41, 5.74) is 2.38. The summed E-state index contributed by atoms with van der Waals surface area (Å²) in [5, 5.41) is 9.90. The largest absolute Gasteiger partial charge is 0.497 e. The first-order chi connectivity index (χ1) is 15.7. The van der Waals surface area contributed by atoms with Gasteiger partial charge < -0.3 is 15.4 Å². The van der Waals surface area contributed by atoms with Crippen LogP contribution in [-0.4, -0.2) is 28.7 Å². The predicted octanol–water partition coefficient (Wildman–Crippen LogP) is 4.02. The number of aromatic nitrogens is 2. The number of methoxy groups -OCH3 is 1. The highest BCUT2D eigenvalue weighted by molar-refractivity contribution is 5.94. The molecule has 0 spiro atoms. The average Bonchev–Trinajstić information content (AvgIpc) is 2.80. The van der Waals surface area contributed by atoms with E-state index >= 15 is 0 Å². The number of aryl methyl sites for hydroxylation is 1. The third kappa shape index (κ3) is 5.65. The quantitative estimate of drug-likeness (QED) is 0.568. The first kappa shape index (κ1) is 23.7. The molecule has 0 aliphatic rings. The maximum Gasteiger partial charge on any atom is 0.291 e. The van der Waals surface area contributed by atoms with Crippen molar-refractivity contribution in [1.82, 2.24) is 9.78 Å². The number of carbonyl (C=O) groups is 2. The molecule has 0 saturated carbocycles. The number of nitrogens with zero attached hydrogens (tertiary/aromatic N) is 2. The lowest BCUT2D eigenvalue weighted by molar-refractivity contribution is -0.119. The molecule has 0 fully saturated rings. The maximum absolute atomic E-state index is 13.1. The van der Waals surface area contributed by atoms with Crippen LogP contribution in [0.15, 0.2) is 59.4 Å². The molecule has 172 valence electrons. The standard InChI is InChI=1S/C25H28N4O4/c1-15(2)23(30)27-22-14-21(18-8-6-16(3)7-9-18)28-29(25(22)32)17(4)24(31)26-19-10-12-20(33-5)13-11-19/h6-15,17H,1-5H3,(H,26,31)(H,27,30). The van der Waals surface area contributed by atoms with Crippen LogP contribution in [0, 0.1) is 12.8 Å². The number of benzene rings is 2. The van der Waals surface area contributed by atoms with E-state index in [4.69, 9.17) is 4.74 Å². The lowest BCUT2D eigenvalue weighted by Gasteiger charge is -2.17. The Morgan fingerprint density at radius 3 is 2.15 bits per heavy atom. The van der Waals surface area contributed by atoms with E-state index in [0.29, 0.717) is 17.1 Å². The highest BCUT2D eigenvalue weighted by Crippen LogP contribution is 2.21. The second-order valence-corrected chi connectivity index (χ2v) is 8.10. The minimum atomic E-state index is -0.931. The van der Waals surface area contributed by atoms with Crippen LogP contribution in [0.4, 0.5) is 11.4 Å². The van der Waals surface area contributed by atoms with E-state index in [9.17, 15) is 14.4 Å². The van der Waals surface area contributed by atoms with E-state index in [2.05, 4.69) is 15.7 Å². The topological polar surface area (TPSA) is 102 Å². The number of anilines is 2. The Kier molecular flexibility index (Phi) is 7.27. The van der Waals surface area contributed by atoms with Crippen molar-refractivity contribution in [3.05, 3.63) is 70.5 Å². The SMILES string of the molecule is COc1ccc(NC(=O)C(C)n2nc(-c3ccc(C)cc3)cc(NC(=O)C(C)C)c2=O)cc1. The summed E-state index contributed by atoms with van der Waals surface area (Å²) in [7, 11) is 1.56. The molecule has 2 N–H and O–H groups in total. The van der Waals surface area contributed by atoms with Gasteiger partial charge in [0.25, 0.3) is 5.56 Å². The van der Waals surface area contributed by atoms with Crippen LogP contribution in [0.25, 0.3) is 11.3 Å². The van der Waals surface area contributed by atoms with E-state index in [1.807, 2.05) is 31.2 Å². The molecule has 3 rings (SSSR count). The first-order valence-electron chi connectivity index (χ1n) is 10.7. The summed E-state index contributed by atoms with van der Waals surface area (Å²) in [6.45, 7) is 7.03. The Labute approximate surface area is 192 Å². The lowest BCUT2D eigenvalue weighted by Crippen LogP contribution is -2.36. The second-order valence-electron chi connectivity index (χ2n) is 8.10. The van der Waals surface area contributed by atoms with E-state index in [-0.39, 0.29) is 17.5 Å². The van der Waals surface area contributed by atoms with Crippen molar-refractivity contribution < 1.29 is 14.3 Å². The zero-order valence-corrected chi connectivity index (χ0v) is 19.4. The average molecular weight is 449 g/mol. The van der Waals surface area contributed by atoms with Crippen LogP contribution in [0.5, 0.6) is 5.75 Å².